The zero-order valence-corrected chi connectivity index (χ0v) is 34.3. The maximum absolute atomic E-state index is 15.0. The number of amides is 4. The Morgan fingerprint density at radius 3 is 2.57 bits per heavy atom. The van der Waals surface area contributed by atoms with E-state index in [4.69, 9.17) is 14.2 Å². The van der Waals surface area contributed by atoms with E-state index in [-0.39, 0.29) is 37.3 Å². The first-order chi connectivity index (χ1) is 27.7. The molecule has 2 aromatic heterocycles. The maximum atomic E-state index is 15.0. The summed E-state index contributed by atoms with van der Waals surface area (Å²) in [4.78, 5) is 62.7. The molecule has 312 valence electrons. The summed E-state index contributed by atoms with van der Waals surface area (Å²) in [6.45, 7) is 8.05. The number of nitrogens with zero attached hydrogens (tertiary/aromatic N) is 3. The number of rotatable bonds is 8. The molecule has 4 fully saturated rings. The standard InChI is InChI=1S/C42H54N6O9S/c1-5-27-22-42(27,39(51)46-58(53,54)29-13-14-29)45-37(49)32-19-28-23-48(32)38(50)36(25-10-7-6-8-11-25)44-40(52)56-24-41(2,3)15-9-12-26-18-30-31(20-33(26)55-4)47-17-16-43-35(47)21-34(30)57-28/h5,16-18,20-21,25,27-29,32,36H,1,6-15,19,22-24H2,2-4H3,(H,44,52)(H,45,49)(H,46,51)/t27-,28-,32+,36+,42-/m1/s1. The fourth-order valence-electron chi connectivity index (χ4n) is 9.17. The Labute approximate surface area is 338 Å². The van der Waals surface area contributed by atoms with Gasteiger partial charge in [-0.05, 0) is 74.3 Å². The van der Waals surface area contributed by atoms with E-state index in [0.29, 0.717) is 49.3 Å². The van der Waals surface area contributed by atoms with Gasteiger partial charge in [0.2, 0.25) is 21.8 Å². The number of pyridine rings is 1. The van der Waals surface area contributed by atoms with Gasteiger partial charge in [0.05, 0.1) is 31.0 Å². The van der Waals surface area contributed by atoms with Gasteiger partial charge in [0.15, 0.2) is 0 Å². The van der Waals surface area contributed by atoms with Crippen LogP contribution in [0.4, 0.5) is 4.79 Å². The Hall–Kier alpha value is -4.86. The van der Waals surface area contributed by atoms with E-state index in [1.807, 2.05) is 36.6 Å². The van der Waals surface area contributed by atoms with Gasteiger partial charge in [-0.3, -0.25) is 23.5 Å². The van der Waals surface area contributed by atoms with Crippen LogP contribution >= 0.6 is 0 Å². The lowest BCUT2D eigenvalue weighted by Gasteiger charge is -2.35. The van der Waals surface area contributed by atoms with Gasteiger partial charge in [0, 0.05) is 42.3 Å². The van der Waals surface area contributed by atoms with Crippen molar-refractivity contribution < 1.29 is 41.8 Å². The average molecular weight is 819 g/mol. The van der Waals surface area contributed by atoms with Crippen LogP contribution in [0.15, 0.2) is 43.2 Å². The molecular formula is C42H54N6O9S. The van der Waals surface area contributed by atoms with Crippen molar-refractivity contribution in [1.29, 1.82) is 0 Å². The predicted octanol–water partition coefficient (Wildman–Crippen LogP) is 4.55. The van der Waals surface area contributed by atoms with Crippen LogP contribution in [0.2, 0.25) is 0 Å². The third-order valence-corrected chi connectivity index (χ3v) is 14.6. The molecule has 58 heavy (non-hydrogen) atoms. The molecule has 3 N–H and O–H groups in total. The first-order valence-corrected chi connectivity index (χ1v) is 22.1. The van der Waals surface area contributed by atoms with Crippen LogP contribution in [0.1, 0.15) is 90.0 Å². The van der Waals surface area contributed by atoms with Gasteiger partial charge >= 0.3 is 6.09 Å². The monoisotopic (exact) mass is 818 g/mol. The molecule has 4 amide bonds. The number of sulfonamides is 1. The second kappa shape index (κ2) is 15.4. The molecule has 15 nitrogen and oxygen atoms in total. The molecular weight excluding hydrogens is 765 g/mol. The fraction of sp³-hybridized carbons (Fsp3) is 0.595. The van der Waals surface area contributed by atoms with Crippen molar-refractivity contribution in [1.82, 2.24) is 29.6 Å². The van der Waals surface area contributed by atoms with Crippen molar-refractivity contribution in [3.63, 3.8) is 0 Å². The largest absolute Gasteiger partial charge is 0.496 e. The first kappa shape index (κ1) is 39.9. The summed E-state index contributed by atoms with van der Waals surface area (Å²) in [7, 11) is -2.27. The number of fused-ring (bicyclic) bond motifs is 5. The number of cyclic esters (lactones) is 1. The fourth-order valence-corrected chi connectivity index (χ4v) is 10.5. The molecule has 0 unspecified atom stereocenters. The lowest BCUT2D eigenvalue weighted by atomic mass is 9.83. The Morgan fingerprint density at radius 1 is 1.09 bits per heavy atom. The zero-order chi connectivity index (χ0) is 41.0. The highest BCUT2D eigenvalue weighted by Crippen LogP contribution is 2.46. The third kappa shape index (κ3) is 7.83. The van der Waals surface area contributed by atoms with Crippen LogP contribution in [0.5, 0.6) is 11.5 Å². The van der Waals surface area contributed by atoms with Gasteiger partial charge in [0.1, 0.15) is 40.9 Å². The minimum atomic E-state index is -3.90. The van der Waals surface area contributed by atoms with Gasteiger partial charge < -0.3 is 29.7 Å². The Morgan fingerprint density at radius 2 is 1.86 bits per heavy atom. The number of nitrogens with one attached hydrogen (secondary N) is 3. The molecule has 1 aromatic carbocycles. The highest BCUT2D eigenvalue weighted by Gasteiger charge is 2.62. The zero-order valence-electron chi connectivity index (χ0n) is 33.5. The highest BCUT2D eigenvalue weighted by molar-refractivity contribution is 7.91. The minimum absolute atomic E-state index is 0.00810. The van der Waals surface area contributed by atoms with Crippen LogP contribution in [0.3, 0.4) is 0 Å². The number of benzene rings is 1. The molecule has 0 radical (unpaired) electrons. The molecule has 4 bridgehead atoms. The summed E-state index contributed by atoms with van der Waals surface area (Å²) >= 11 is 0. The number of ether oxygens (including phenoxy) is 3. The quantitative estimate of drug-likeness (QED) is 0.273. The summed E-state index contributed by atoms with van der Waals surface area (Å²) in [5, 5.41) is 5.95. The number of carbonyl (C=O) groups is 4. The molecule has 0 spiro atoms. The van der Waals surface area contributed by atoms with Gasteiger partial charge in [-0.2, -0.15) is 0 Å². The SMILES string of the molecule is C=C[C@@H]1C[C@]1(NC(=O)[C@@H]1C[C@@H]2CN1C(=O)[C@H](C1CCCCC1)NC(=O)OCC(C)(C)CCCc1cc3c(cc4nccn4c3cc1OC)O2)C(=O)NS(=O)(=O)C1CC1. The summed E-state index contributed by atoms with van der Waals surface area (Å²) in [5.74, 6) is -1.35. The highest BCUT2D eigenvalue weighted by atomic mass is 32.2. The third-order valence-electron chi connectivity index (χ3n) is 12.8. The number of alkyl carbamates (subject to hydrolysis) is 1. The summed E-state index contributed by atoms with van der Waals surface area (Å²) < 4.78 is 48.3. The predicted molar refractivity (Wildman–Crippen MR) is 215 cm³/mol. The summed E-state index contributed by atoms with van der Waals surface area (Å²) in [6, 6.07) is 3.79. The minimum Gasteiger partial charge on any atom is -0.496 e. The van der Waals surface area contributed by atoms with Gasteiger partial charge in [-0.25, -0.2) is 18.2 Å². The number of carbonyl (C=O) groups excluding carboxylic acids is 4. The molecule has 1 saturated heterocycles. The van der Waals surface area contributed by atoms with E-state index in [1.165, 1.54) is 11.0 Å². The van der Waals surface area contributed by atoms with Crippen molar-refractivity contribution in [2.24, 2.45) is 17.3 Å². The second-order valence-electron chi connectivity index (χ2n) is 17.6. The van der Waals surface area contributed by atoms with Crippen molar-refractivity contribution in [2.45, 2.75) is 120 Å². The maximum Gasteiger partial charge on any atom is 0.407 e. The molecule has 3 saturated carbocycles. The first-order valence-electron chi connectivity index (χ1n) is 20.6. The van der Waals surface area contributed by atoms with Crippen molar-refractivity contribution in [3.8, 4) is 11.5 Å². The average Bonchev–Trinajstić information content (AvgIpc) is 4.09. The number of imidazole rings is 1. The van der Waals surface area contributed by atoms with E-state index < -0.39 is 68.7 Å². The molecule has 4 heterocycles. The molecule has 16 heteroatoms. The normalized spacial score (nSPS) is 28.2. The number of aryl methyl sites for hydroxylation is 1. The smallest absolute Gasteiger partial charge is 0.407 e. The van der Waals surface area contributed by atoms with Gasteiger partial charge in [0.25, 0.3) is 5.91 Å². The van der Waals surface area contributed by atoms with E-state index in [0.717, 1.165) is 48.6 Å². The lowest BCUT2D eigenvalue weighted by Crippen LogP contribution is -2.59. The Balaban J connectivity index is 1.17. The molecule has 2 aliphatic heterocycles. The number of methoxy groups -OCH3 is 1. The Bertz CT molecular complexity index is 2250. The van der Waals surface area contributed by atoms with Gasteiger partial charge in [-0.1, -0.05) is 39.2 Å². The number of hydrogen-bond acceptors (Lipinski definition) is 10. The van der Waals surface area contributed by atoms with Crippen LogP contribution in [0, 0.1) is 17.3 Å². The van der Waals surface area contributed by atoms with Crippen LogP contribution < -0.4 is 24.8 Å². The lowest BCUT2D eigenvalue weighted by molar-refractivity contribution is -0.142. The molecule has 8 rings (SSSR count). The molecule has 5 atom stereocenters. The van der Waals surface area contributed by atoms with Crippen LogP contribution in [0.25, 0.3) is 16.6 Å². The van der Waals surface area contributed by atoms with E-state index in [9.17, 15) is 27.6 Å². The van der Waals surface area contributed by atoms with Gasteiger partial charge in [-0.15, -0.1) is 6.58 Å². The van der Waals surface area contributed by atoms with E-state index in [1.54, 1.807) is 13.3 Å². The molecule has 5 aliphatic rings. The summed E-state index contributed by atoms with van der Waals surface area (Å²) in [6.07, 6.45) is 11.4. The van der Waals surface area contributed by atoms with Crippen molar-refractivity contribution >= 4 is 50.4 Å². The second-order valence-corrected chi connectivity index (χ2v) is 19.6. The number of hydrogen-bond donors (Lipinski definition) is 3. The van der Waals surface area contributed by atoms with Crippen molar-refractivity contribution in [3.05, 3.63) is 48.8 Å². The van der Waals surface area contributed by atoms with Crippen molar-refractivity contribution in [2.75, 3.05) is 20.3 Å². The van der Waals surface area contributed by atoms with Crippen LogP contribution in [-0.4, -0.2) is 95.8 Å². The van der Waals surface area contributed by atoms with Crippen LogP contribution in [-0.2, 0) is 35.6 Å². The summed E-state index contributed by atoms with van der Waals surface area (Å²) in [5.41, 5.74) is 0.508. The van der Waals surface area contributed by atoms with E-state index >= 15 is 0 Å². The van der Waals surface area contributed by atoms with E-state index in [2.05, 4.69) is 33.0 Å². The molecule has 3 aliphatic carbocycles. The Kier molecular flexibility index (Phi) is 10.6. The topological polar surface area (TPSA) is 187 Å². The number of aromatic nitrogens is 2. The molecule has 3 aromatic rings.